The Kier molecular flexibility index (Phi) is 11.5. The monoisotopic (exact) mass is 428 g/mol. The van der Waals surface area contributed by atoms with Gasteiger partial charge in [0.1, 0.15) is 11.5 Å². The Morgan fingerprint density at radius 1 is 0.962 bits per heavy atom. The number of esters is 1. The summed E-state index contributed by atoms with van der Waals surface area (Å²) >= 11 is 3.24. The number of aliphatic hydroxyl groups is 1. The average Bonchev–Trinajstić information content (AvgIpc) is 2.62. The number of ether oxygens (including phenoxy) is 1. The number of para-hydroxylation sites is 1. The molecule has 7 nitrogen and oxygen atoms in total. The quantitative estimate of drug-likeness (QED) is 0.551. The van der Waals surface area contributed by atoms with E-state index >= 15 is 0 Å². The normalized spacial score (nSPS) is 9.08. The van der Waals surface area contributed by atoms with Crippen molar-refractivity contribution >= 4 is 27.9 Å². The van der Waals surface area contributed by atoms with Crippen LogP contribution >= 0.6 is 15.9 Å². The van der Waals surface area contributed by atoms with E-state index in [2.05, 4.69) is 20.7 Å². The second-order valence-electron chi connectivity index (χ2n) is 4.73. The fourth-order valence-electron chi connectivity index (χ4n) is 1.75. The molecule has 2 aromatic carbocycles. The van der Waals surface area contributed by atoms with Crippen LogP contribution in [0.25, 0.3) is 0 Å². The molecule has 0 aliphatic rings. The molecule has 26 heavy (non-hydrogen) atoms. The maximum atomic E-state index is 10.9. The van der Waals surface area contributed by atoms with Crippen LogP contribution in [0.2, 0.25) is 0 Å². The number of phenolic OH excluding ortho intramolecular Hbond substituents is 2. The lowest BCUT2D eigenvalue weighted by Crippen LogP contribution is -2.04. The maximum absolute atomic E-state index is 10.9. The molecule has 4 N–H and O–H groups in total. The molecular weight excluding hydrogens is 408 g/mol. The summed E-state index contributed by atoms with van der Waals surface area (Å²) in [4.78, 5) is 21.1. The average molecular weight is 429 g/mol. The lowest BCUT2D eigenvalue weighted by molar-refractivity contribution is -0.140. The van der Waals surface area contributed by atoms with Gasteiger partial charge in [0.15, 0.2) is 0 Å². The largest absolute Gasteiger partial charge is 0.508 e. The first-order valence-electron chi connectivity index (χ1n) is 7.31. The Labute approximate surface area is 159 Å². The molecule has 8 heteroatoms. The maximum Gasteiger partial charge on any atom is 0.310 e. The van der Waals surface area contributed by atoms with Gasteiger partial charge in [-0.2, -0.15) is 0 Å². The zero-order valence-corrected chi connectivity index (χ0v) is 15.9. The first kappa shape index (κ1) is 23.4. The molecule has 0 bridgehead atoms. The number of aliphatic hydroxyl groups excluding tert-OH is 1. The number of phenols is 2. The van der Waals surface area contributed by atoms with Crippen molar-refractivity contribution in [2.45, 2.75) is 12.8 Å². The molecule has 0 saturated heterocycles. The summed E-state index contributed by atoms with van der Waals surface area (Å²) in [6, 6.07) is 11.3. The van der Waals surface area contributed by atoms with Crippen LogP contribution in [0.5, 0.6) is 11.5 Å². The number of benzene rings is 2. The van der Waals surface area contributed by atoms with E-state index in [9.17, 15) is 14.7 Å². The first-order valence-corrected chi connectivity index (χ1v) is 8.10. The van der Waals surface area contributed by atoms with Gasteiger partial charge >= 0.3 is 11.9 Å². The van der Waals surface area contributed by atoms with Gasteiger partial charge in [0, 0.05) is 22.7 Å². The molecule has 0 aliphatic heterocycles. The van der Waals surface area contributed by atoms with E-state index in [1.54, 1.807) is 30.3 Å². The van der Waals surface area contributed by atoms with E-state index in [1.165, 1.54) is 19.2 Å². The van der Waals surface area contributed by atoms with Crippen LogP contribution < -0.4 is 0 Å². The predicted molar refractivity (Wildman–Crippen MR) is 99.1 cm³/mol. The van der Waals surface area contributed by atoms with E-state index in [4.69, 9.17) is 15.3 Å². The topological polar surface area (TPSA) is 124 Å². The Balaban J connectivity index is 0.000000444. The minimum absolute atomic E-state index is 0.0369. The first-order chi connectivity index (χ1) is 12.3. The number of carbonyl (C=O) groups is 2. The van der Waals surface area contributed by atoms with Gasteiger partial charge in [-0.15, -0.1) is 0 Å². The molecule has 2 aromatic rings. The lowest BCUT2D eigenvalue weighted by atomic mass is 10.1. The zero-order valence-electron chi connectivity index (χ0n) is 14.3. The molecule has 0 fully saturated rings. The highest BCUT2D eigenvalue weighted by Gasteiger charge is 2.07. The number of aromatic hydroxyl groups is 2. The van der Waals surface area contributed by atoms with Crippen molar-refractivity contribution in [3.63, 3.8) is 0 Å². The summed E-state index contributed by atoms with van der Waals surface area (Å²) in [5, 5.41) is 33.8. The van der Waals surface area contributed by atoms with Gasteiger partial charge < -0.3 is 25.2 Å². The Morgan fingerprint density at radius 2 is 1.54 bits per heavy atom. The summed E-state index contributed by atoms with van der Waals surface area (Å²) in [5.41, 5.74) is 1.00. The highest BCUT2D eigenvalue weighted by Crippen LogP contribution is 2.22. The molecule has 0 atom stereocenters. The van der Waals surface area contributed by atoms with Crippen LogP contribution in [0, 0.1) is 0 Å². The van der Waals surface area contributed by atoms with Crippen LogP contribution in [-0.4, -0.2) is 46.6 Å². The Bertz CT molecular complexity index is 716. The van der Waals surface area contributed by atoms with Crippen LogP contribution in [0.15, 0.2) is 46.9 Å². The van der Waals surface area contributed by atoms with Crippen molar-refractivity contribution in [3.8, 4) is 11.5 Å². The van der Waals surface area contributed by atoms with Gasteiger partial charge in [-0.1, -0.05) is 34.1 Å². The van der Waals surface area contributed by atoms with E-state index in [0.29, 0.717) is 11.1 Å². The van der Waals surface area contributed by atoms with Crippen molar-refractivity contribution in [1.82, 2.24) is 0 Å². The van der Waals surface area contributed by atoms with Gasteiger partial charge in [-0.3, -0.25) is 9.59 Å². The number of rotatable bonds is 4. The van der Waals surface area contributed by atoms with Gasteiger partial charge in [0.25, 0.3) is 0 Å². The van der Waals surface area contributed by atoms with Gasteiger partial charge in [0.2, 0.25) is 0 Å². The molecule has 2 rings (SSSR count). The second-order valence-corrected chi connectivity index (χ2v) is 5.64. The molecule has 0 aromatic heterocycles. The zero-order chi connectivity index (χ0) is 20.1. The second kappa shape index (κ2) is 12.7. The molecule has 142 valence electrons. The number of aliphatic carboxylic acids is 1. The van der Waals surface area contributed by atoms with E-state index in [0.717, 1.165) is 11.6 Å². The lowest BCUT2D eigenvalue weighted by Gasteiger charge is -2.03. The molecule has 0 unspecified atom stereocenters. The third-order valence-corrected chi connectivity index (χ3v) is 3.43. The summed E-state index contributed by atoms with van der Waals surface area (Å²) in [7, 11) is 2.32. The summed E-state index contributed by atoms with van der Waals surface area (Å²) < 4.78 is 5.31. The van der Waals surface area contributed by atoms with Crippen LogP contribution in [0.3, 0.4) is 0 Å². The number of carbonyl (C=O) groups excluding carboxylic acids is 1. The highest BCUT2D eigenvalue weighted by molar-refractivity contribution is 9.10. The molecule has 0 heterocycles. The molecule has 0 saturated carbocycles. The number of carboxylic acids is 1. The molecule has 0 spiro atoms. The van der Waals surface area contributed by atoms with Crippen molar-refractivity contribution in [2.24, 2.45) is 0 Å². The Morgan fingerprint density at radius 3 is 2.08 bits per heavy atom. The molecule has 0 amide bonds. The van der Waals surface area contributed by atoms with Gasteiger partial charge in [-0.25, -0.2) is 0 Å². The predicted octanol–water partition coefficient (Wildman–Crippen LogP) is 2.50. The van der Waals surface area contributed by atoms with Crippen LogP contribution in [0.4, 0.5) is 0 Å². The number of carboxylic acid groups (broad SMARTS) is 1. The summed E-state index contributed by atoms with van der Waals surface area (Å²) in [5.74, 6) is -1.16. The summed E-state index contributed by atoms with van der Waals surface area (Å²) in [6.45, 7) is 0. The van der Waals surface area contributed by atoms with Gasteiger partial charge in [-0.05, 0) is 24.3 Å². The minimum atomic E-state index is -0.938. The number of hydrogen-bond acceptors (Lipinski definition) is 6. The van der Waals surface area contributed by atoms with Crippen molar-refractivity contribution in [1.29, 1.82) is 0 Å². The van der Waals surface area contributed by atoms with E-state index in [1.807, 2.05) is 0 Å². The fourth-order valence-corrected chi connectivity index (χ4v) is 2.16. The minimum Gasteiger partial charge on any atom is -0.508 e. The van der Waals surface area contributed by atoms with Crippen LogP contribution in [0.1, 0.15) is 11.1 Å². The van der Waals surface area contributed by atoms with Crippen molar-refractivity contribution < 1.29 is 34.8 Å². The fraction of sp³-hybridized carbons (Fsp3) is 0.222. The van der Waals surface area contributed by atoms with E-state index < -0.39 is 5.97 Å². The number of methoxy groups -OCH3 is 1. The van der Waals surface area contributed by atoms with Crippen LogP contribution in [-0.2, 0) is 27.2 Å². The highest BCUT2D eigenvalue weighted by atomic mass is 79.9. The molecule has 0 aliphatic carbocycles. The summed E-state index contributed by atoms with van der Waals surface area (Å²) in [6.07, 6.45) is -0.0472. The third-order valence-electron chi connectivity index (χ3n) is 2.94. The van der Waals surface area contributed by atoms with Crippen molar-refractivity contribution in [3.05, 3.63) is 58.1 Å². The molecule has 0 radical (unpaired) electrons. The van der Waals surface area contributed by atoms with Gasteiger partial charge in [0.05, 0.1) is 20.0 Å². The Hall–Kier alpha value is -2.58. The number of halogens is 1. The third kappa shape index (κ3) is 9.05. The van der Waals surface area contributed by atoms with E-state index in [-0.39, 0.29) is 30.3 Å². The molecular formula is C18H21BrO7. The SMILES string of the molecule is CO.COC(=O)Cc1cc(Br)ccc1O.O=C(O)Cc1ccccc1O. The standard InChI is InChI=1S/C9H9BrO3.C8H8O3.CH4O/c1-13-9(12)5-6-4-7(10)2-3-8(6)11;9-7-4-2-1-3-6(7)5-8(10)11;1-2/h2-4,11H,5H2,1H3;1-4,9H,5H2,(H,10,11);2H,1H3. The number of hydrogen-bond donors (Lipinski definition) is 4. The smallest absolute Gasteiger partial charge is 0.310 e. The van der Waals surface area contributed by atoms with Crippen molar-refractivity contribution in [2.75, 3.05) is 14.2 Å².